The van der Waals surface area contributed by atoms with Gasteiger partial charge in [-0.3, -0.25) is 0 Å². The summed E-state index contributed by atoms with van der Waals surface area (Å²) in [7, 11) is 0. The number of halogens is 1. The van der Waals surface area contributed by atoms with Gasteiger partial charge in [0.25, 0.3) is 0 Å². The number of benzene rings is 1. The molecular formula is C13H12ClNO3. The van der Waals surface area contributed by atoms with Crippen LogP contribution >= 0.6 is 11.6 Å². The van der Waals surface area contributed by atoms with Gasteiger partial charge in [-0.25, -0.2) is 0 Å². The Balaban J connectivity index is 1.79. The zero-order valence-electron chi connectivity index (χ0n) is 9.83. The van der Waals surface area contributed by atoms with Crippen LogP contribution in [0.15, 0.2) is 28.9 Å². The van der Waals surface area contributed by atoms with Crippen molar-refractivity contribution in [1.82, 2.24) is 0 Å². The van der Waals surface area contributed by atoms with Crippen LogP contribution < -0.4 is 14.8 Å². The lowest BCUT2D eigenvalue weighted by Crippen LogP contribution is -2.00. The lowest BCUT2D eigenvalue weighted by Gasteiger charge is -2.08. The molecular weight excluding hydrogens is 254 g/mol. The third-order valence-electron chi connectivity index (χ3n) is 2.87. The minimum atomic E-state index is 0.242. The highest BCUT2D eigenvalue weighted by atomic mass is 35.5. The molecule has 2 heterocycles. The second-order valence-corrected chi connectivity index (χ2v) is 4.47. The van der Waals surface area contributed by atoms with E-state index in [-0.39, 0.29) is 6.79 Å². The predicted octanol–water partition coefficient (Wildman–Crippen LogP) is 3.58. The van der Waals surface area contributed by atoms with Gasteiger partial charge in [0.05, 0.1) is 23.5 Å². The fourth-order valence-electron chi connectivity index (χ4n) is 1.81. The van der Waals surface area contributed by atoms with Gasteiger partial charge in [-0.05, 0) is 18.6 Å². The molecule has 1 aliphatic heterocycles. The van der Waals surface area contributed by atoms with Gasteiger partial charge in [-0.15, -0.1) is 0 Å². The van der Waals surface area contributed by atoms with Crippen molar-refractivity contribution in [3.8, 4) is 11.5 Å². The number of rotatable bonds is 3. The van der Waals surface area contributed by atoms with Crippen molar-refractivity contribution in [2.75, 3.05) is 12.1 Å². The van der Waals surface area contributed by atoms with E-state index in [0.29, 0.717) is 23.1 Å². The van der Waals surface area contributed by atoms with Crippen molar-refractivity contribution in [1.29, 1.82) is 0 Å². The van der Waals surface area contributed by atoms with E-state index < -0.39 is 0 Å². The summed E-state index contributed by atoms with van der Waals surface area (Å²) < 4.78 is 15.9. The van der Waals surface area contributed by atoms with E-state index >= 15 is 0 Å². The van der Waals surface area contributed by atoms with E-state index in [9.17, 15) is 0 Å². The van der Waals surface area contributed by atoms with Gasteiger partial charge in [-0.2, -0.15) is 0 Å². The molecule has 5 heteroatoms. The molecule has 0 amide bonds. The summed E-state index contributed by atoms with van der Waals surface area (Å²) in [5, 5.41) is 3.83. The molecule has 0 fully saturated rings. The van der Waals surface area contributed by atoms with Gasteiger partial charge in [0, 0.05) is 12.1 Å². The van der Waals surface area contributed by atoms with E-state index in [2.05, 4.69) is 5.32 Å². The maximum atomic E-state index is 6.16. The molecule has 94 valence electrons. The number of anilines is 1. The van der Waals surface area contributed by atoms with Crippen LogP contribution in [0.3, 0.4) is 0 Å². The molecule has 0 saturated carbocycles. The molecule has 0 atom stereocenters. The van der Waals surface area contributed by atoms with Gasteiger partial charge in [-0.1, -0.05) is 11.6 Å². The van der Waals surface area contributed by atoms with E-state index in [0.717, 1.165) is 17.0 Å². The molecule has 0 bridgehead atoms. The maximum absolute atomic E-state index is 6.16. The minimum Gasteiger partial charge on any atom is -0.467 e. The Kier molecular flexibility index (Phi) is 2.80. The summed E-state index contributed by atoms with van der Waals surface area (Å²) >= 11 is 6.16. The van der Waals surface area contributed by atoms with Gasteiger partial charge >= 0.3 is 0 Å². The first-order valence-corrected chi connectivity index (χ1v) is 5.98. The Morgan fingerprint density at radius 3 is 2.78 bits per heavy atom. The van der Waals surface area contributed by atoms with E-state index in [1.165, 1.54) is 0 Å². The highest BCUT2D eigenvalue weighted by Gasteiger charge is 2.16. The molecule has 4 nitrogen and oxygen atoms in total. The van der Waals surface area contributed by atoms with Gasteiger partial charge in [0.1, 0.15) is 5.76 Å². The Morgan fingerprint density at radius 2 is 2.06 bits per heavy atom. The Labute approximate surface area is 109 Å². The average Bonchev–Trinajstić information content (AvgIpc) is 2.95. The lowest BCUT2D eigenvalue weighted by atomic mass is 10.2. The van der Waals surface area contributed by atoms with Gasteiger partial charge in [0.15, 0.2) is 11.5 Å². The van der Waals surface area contributed by atoms with Crippen LogP contribution in [0, 0.1) is 6.92 Å². The van der Waals surface area contributed by atoms with Crippen LogP contribution in [0.2, 0.25) is 5.02 Å². The molecule has 0 radical (unpaired) electrons. The number of furan rings is 1. The first-order chi connectivity index (χ1) is 8.74. The lowest BCUT2D eigenvalue weighted by molar-refractivity contribution is 0.174. The van der Waals surface area contributed by atoms with Crippen molar-refractivity contribution >= 4 is 17.3 Å². The normalized spacial score (nSPS) is 12.8. The number of ether oxygens (including phenoxy) is 2. The molecule has 18 heavy (non-hydrogen) atoms. The highest BCUT2D eigenvalue weighted by molar-refractivity contribution is 6.33. The molecule has 1 aromatic heterocycles. The average molecular weight is 266 g/mol. The summed E-state index contributed by atoms with van der Waals surface area (Å²) in [6.45, 7) is 2.83. The molecule has 0 saturated heterocycles. The topological polar surface area (TPSA) is 43.6 Å². The Hall–Kier alpha value is -1.81. The first kappa shape index (κ1) is 11.3. The van der Waals surface area contributed by atoms with Crippen LogP contribution in [0.4, 0.5) is 5.69 Å². The van der Waals surface area contributed by atoms with Crippen LogP contribution in [0.1, 0.15) is 11.3 Å². The molecule has 1 aliphatic rings. The second-order valence-electron chi connectivity index (χ2n) is 4.07. The van der Waals surface area contributed by atoms with Crippen molar-refractivity contribution < 1.29 is 13.9 Å². The zero-order valence-corrected chi connectivity index (χ0v) is 10.6. The van der Waals surface area contributed by atoms with E-state index in [1.807, 2.05) is 19.1 Å². The van der Waals surface area contributed by atoms with Crippen molar-refractivity contribution in [3.05, 3.63) is 40.8 Å². The van der Waals surface area contributed by atoms with Crippen LogP contribution in [-0.4, -0.2) is 6.79 Å². The second kappa shape index (κ2) is 4.46. The summed E-state index contributed by atoms with van der Waals surface area (Å²) in [6, 6.07) is 5.52. The first-order valence-electron chi connectivity index (χ1n) is 5.60. The summed E-state index contributed by atoms with van der Waals surface area (Å²) in [5.74, 6) is 2.28. The fraction of sp³-hybridized carbons (Fsp3) is 0.231. The number of nitrogens with one attached hydrogen (secondary N) is 1. The largest absolute Gasteiger partial charge is 0.467 e. The minimum absolute atomic E-state index is 0.242. The summed E-state index contributed by atoms with van der Waals surface area (Å²) in [5.41, 5.74) is 1.91. The Bertz CT molecular complexity index is 580. The monoisotopic (exact) mass is 265 g/mol. The highest BCUT2D eigenvalue weighted by Crippen LogP contribution is 2.39. The van der Waals surface area contributed by atoms with Crippen molar-refractivity contribution in [2.24, 2.45) is 0 Å². The zero-order chi connectivity index (χ0) is 12.5. The van der Waals surface area contributed by atoms with Gasteiger partial charge < -0.3 is 19.2 Å². The fourth-order valence-corrected chi connectivity index (χ4v) is 2.03. The van der Waals surface area contributed by atoms with Crippen molar-refractivity contribution in [2.45, 2.75) is 13.5 Å². The standard InChI is InChI=1S/C13H12ClNO3/c1-8-2-3-16-13(8)6-15-10-5-12-11(4-9(10)14)17-7-18-12/h2-5,15H,6-7H2,1H3. The smallest absolute Gasteiger partial charge is 0.231 e. The van der Waals surface area contributed by atoms with E-state index in [4.69, 9.17) is 25.5 Å². The molecule has 0 aliphatic carbocycles. The van der Waals surface area contributed by atoms with Crippen LogP contribution in [0.25, 0.3) is 0 Å². The van der Waals surface area contributed by atoms with Crippen LogP contribution in [0.5, 0.6) is 11.5 Å². The predicted molar refractivity (Wildman–Crippen MR) is 68.3 cm³/mol. The molecule has 0 spiro atoms. The molecule has 0 unspecified atom stereocenters. The molecule has 1 N–H and O–H groups in total. The number of hydrogen-bond donors (Lipinski definition) is 1. The van der Waals surface area contributed by atoms with E-state index in [1.54, 1.807) is 12.3 Å². The summed E-state index contributed by atoms with van der Waals surface area (Å²) in [6.07, 6.45) is 1.67. The number of aryl methyl sites for hydroxylation is 1. The molecule has 2 aromatic rings. The third-order valence-corrected chi connectivity index (χ3v) is 3.18. The Morgan fingerprint density at radius 1 is 1.28 bits per heavy atom. The van der Waals surface area contributed by atoms with Crippen molar-refractivity contribution in [3.63, 3.8) is 0 Å². The van der Waals surface area contributed by atoms with Crippen LogP contribution in [-0.2, 0) is 6.54 Å². The molecule has 1 aromatic carbocycles. The third kappa shape index (κ3) is 1.99. The number of fused-ring (bicyclic) bond motifs is 1. The summed E-state index contributed by atoms with van der Waals surface area (Å²) in [4.78, 5) is 0. The maximum Gasteiger partial charge on any atom is 0.231 e. The molecule has 3 rings (SSSR count). The SMILES string of the molecule is Cc1ccoc1CNc1cc2c(cc1Cl)OCO2. The van der Waals surface area contributed by atoms with Gasteiger partial charge in [0.2, 0.25) is 6.79 Å². The quantitative estimate of drug-likeness (QED) is 0.921. The number of hydrogen-bond acceptors (Lipinski definition) is 4.